The molecule has 0 aliphatic rings. The number of rotatable bonds is 6. The molecule has 0 spiro atoms. The van der Waals surface area contributed by atoms with E-state index in [-0.39, 0.29) is 18.4 Å². The zero-order valence-corrected chi connectivity index (χ0v) is 12.7. The summed E-state index contributed by atoms with van der Waals surface area (Å²) >= 11 is 3.31. The molecular formula is C16H18BrNO2. The van der Waals surface area contributed by atoms with Gasteiger partial charge in [-0.2, -0.15) is 0 Å². The van der Waals surface area contributed by atoms with E-state index in [9.17, 15) is 10.2 Å². The van der Waals surface area contributed by atoms with Gasteiger partial charge in [-0.3, -0.25) is 0 Å². The van der Waals surface area contributed by atoms with Gasteiger partial charge >= 0.3 is 0 Å². The molecule has 0 aromatic heterocycles. The van der Waals surface area contributed by atoms with Crippen molar-refractivity contribution < 1.29 is 10.2 Å². The van der Waals surface area contributed by atoms with Crippen molar-refractivity contribution in [1.29, 1.82) is 0 Å². The number of aromatic hydroxyl groups is 1. The van der Waals surface area contributed by atoms with Gasteiger partial charge < -0.3 is 15.5 Å². The number of hydrogen-bond donors (Lipinski definition) is 3. The van der Waals surface area contributed by atoms with Crippen molar-refractivity contribution in [3.8, 4) is 5.75 Å². The Morgan fingerprint density at radius 1 is 1.05 bits per heavy atom. The normalized spacial score (nSPS) is 12.3. The maximum absolute atomic E-state index is 9.97. The van der Waals surface area contributed by atoms with Gasteiger partial charge in [0.15, 0.2) is 0 Å². The zero-order valence-electron chi connectivity index (χ0n) is 11.1. The summed E-state index contributed by atoms with van der Waals surface area (Å²) in [5.74, 6) is 0.260. The number of phenols is 1. The summed E-state index contributed by atoms with van der Waals surface area (Å²) in [4.78, 5) is 0. The fourth-order valence-corrected chi connectivity index (χ4v) is 2.54. The summed E-state index contributed by atoms with van der Waals surface area (Å²) in [5.41, 5.74) is 1.97. The lowest BCUT2D eigenvalue weighted by Crippen LogP contribution is -2.22. The number of benzene rings is 2. The Labute approximate surface area is 127 Å². The highest BCUT2D eigenvalue weighted by molar-refractivity contribution is 9.10. The highest BCUT2D eigenvalue weighted by Crippen LogP contribution is 2.28. The molecule has 1 atom stereocenters. The van der Waals surface area contributed by atoms with Crippen LogP contribution in [0.1, 0.15) is 23.6 Å². The van der Waals surface area contributed by atoms with Crippen LogP contribution in [0.4, 0.5) is 0 Å². The minimum absolute atomic E-state index is 0.0691. The van der Waals surface area contributed by atoms with Crippen molar-refractivity contribution in [2.24, 2.45) is 0 Å². The fraction of sp³-hybridized carbons (Fsp3) is 0.250. The van der Waals surface area contributed by atoms with Gasteiger partial charge in [0.1, 0.15) is 5.75 Å². The third-order valence-electron chi connectivity index (χ3n) is 3.23. The molecule has 0 aliphatic carbocycles. The van der Waals surface area contributed by atoms with Crippen LogP contribution >= 0.6 is 15.9 Å². The Hall–Kier alpha value is -1.36. The molecule has 106 valence electrons. The van der Waals surface area contributed by atoms with Gasteiger partial charge in [0.2, 0.25) is 0 Å². The van der Waals surface area contributed by atoms with E-state index >= 15 is 0 Å². The first kappa shape index (κ1) is 15.0. The van der Waals surface area contributed by atoms with E-state index in [4.69, 9.17) is 0 Å². The number of nitrogens with one attached hydrogen (secondary N) is 1. The Morgan fingerprint density at radius 2 is 1.80 bits per heavy atom. The molecule has 0 saturated heterocycles. The molecule has 3 nitrogen and oxygen atoms in total. The van der Waals surface area contributed by atoms with Crippen LogP contribution < -0.4 is 5.32 Å². The lowest BCUT2D eigenvalue weighted by atomic mass is 10.0. The average Bonchev–Trinajstić information content (AvgIpc) is 2.48. The van der Waals surface area contributed by atoms with E-state index in [0.717, 1.165) is 11.1 Å². The second kappa shape index (κ2) is 7.43. The van der Waals surface area contributed by atoms with Crippen LogP contribution in [0.3, 0.4) is 0 Å². The van der Waals surface area contributed by atoms with E-state index in [0.29, 0.717) is 17.4 Å². The number of aliphatic hydroxyl groups is 1. The standard InChI is InChI=1S/C16H18BrNO2/c17-14-8-4-7-13(16(14)20)11-18-15(9-10-19)12-5-2-1-3-6-12/h1-8,15,18-20H,9-11H2/t15-/m1/s1. The van der Waals surface area contributed by atoms with Gasteiger partial charge in [-0.05, 0) is 34.0 Å². The van der Waals surface area contributed by atoms with Gasteiger partial charge in [0.05, 0.1) is 4.47 Å². The predicted molar refractivity (Wildman–Crippen MR) is 83.5 cm³/mol. The minimum Gasteiger partial charge on any atom is -0.506 e. The number of aliphatic hydroxyl groups excluding tert-OH is 1. The highest BCUT2D eigenvalue weighted by Gasteiger charge is 2.11. The molecule has 0 heterocycles. The molecule has 0 saturated carbocycles. The van der Waals surface area contributed by atoms with Crippen molar-refractivity contribution in [3.05, 3.63) is 64.1 Å². The first-order valence-corrected chi connectivity index (χ1v) is 7.37. The van der Waals surface area contributed by atoms with Crippen LogP contribution in [0.25, 0.3) is 0 Å². The molecule has 0 aliphatic heterocycles. The third kappa shape index (κ3) is 3.82. The second-order valence-electron chi connectivity index (χ2n) is 4.60. The first-order valence-electron chi connectivity index (χ1n) is 6.58. The summed E-state index contributed by atoms with van der Waals surface area (Å²) in [5, 5.41) is 22.6. The van der Waals surface area contributed by atoms with Crippen molar-refractivity contribution >= 4 is 15.9 Å². The topological polar surface area (TPSA) is 52.5 Å². The smallest absolute Gasteiger partial charge is 0.134 e. The monoisotopic (exact) mass is 335 g/mol. The average molecular weight is 336 g/mol. The molecule has 3 N–H and O–H groups in total. The summed E-state index contributed by atoms with van der Waals surface area (Å²) in [6.45, 7) is 0.669. The molecule has 0 unspecified atom stereocenters. The zero-order chi connectivity index (χ0) is 14.4. The predicted octanol–water partition coefficient (Wildman–Crippen LogP) is 3.37. The second-order valence-corrected chi connectivity index (χ2v) is 5.46. The van der Waals surface area contributed by atoms with Crippen LogP contribution in [0.15, 0.2) is 53.0 Å². The summed E-state index contributed by atoms with van der Waals surface area (Å²) in [7, 11) is 0. The maximum atomic E-state index is 9.97. The summed E-state index contributed by atoms with van der Waals surface area (Å²) < 4.78 is 0.690. The van der Waals surface area contributed by atoms with E-state index < -0.39 is 0 Å². The van der Waals surface area contributed by atoms with E-state index in [1.54, 1.807) is 6.07 Å². The van der Waals surface area contributed by atoms with Gasteiger partial charge in [-0.1, -0.05) is 42.5 Å². The number of phenolic OH excluding ortho intramolecular Hbond substituents is 1. The van der Waals surface area contributed by atoms with Crippen LogP contribution in [-0.2, 0) is 6.54 Å². The Kier molecular flexibility index (Phi) is 5.59. The maximum Gasteiger partial charge on any atom is 0.134 e. The lowest BCUT2D eigenvalue weighted by molar-refractivity contribution is 0.265. The van der Waals surface area contributed by atoms with Crippen molar-refractivity contribution in [2.75, 3.05) is 6.61 Å². The Balaban J connectivity index is 2.08. The SMILES string of the molecule is OCC[C@@H](NCc1cccc(Br)c1O)c1ccccc1. The molecule has 2 aromatic rings. The van der Waals surface area contributed by atoms with Gasteiger partial charge in [-0.15, -0.1) is 0 Å². The van der Waals surface area contributed by atoms with Crippen LogP contribution in [0.2, 0.25) is 0 Å². The molecule has 4 heteroatoms. The molecule has 0 bridgehead atoms. The molecular weight excluding hydrogens is 318 g/mol. The Morgan fingerprint density at radius 3 is 2.50 bits per heavy atom. The van der Waals surface area contributed by atoms with Crippen molar-refractivity contribution in [1.82, 2.24) is 5.32 Å². The van der Waals surface area contributed by atoms with Crippen LogP contribution in [0.5, 0.6) is 5.75 Å². The van der Waals surface area contributed by atoms with Crippen molar-refractivity contribution in [3.63, 3.8) is 0 Å². The van der Waals surface area contributed by atoms with Gasteiger partial charge in [0, 0.05) is 24.8 Å². The molecule has 20 heavy (non-hydrogen) atoms. The van der Waals surface area contributed by atoms with Gasteiger partial charge in [0.25, 0.3) is 0 Å². The highest BCUT2D eigenvalue weighted by atomic mass is 79.9. The van der Waals surface area contributed by atoms with E-state index in [2.05, 4.69) is 21.2 Å². The van der Waals surface area contributed by atoms with Crippen molar-refractivity contribution in [2.45, 2.75) is 19.0 Å². The van der Waals surface area contributed by atoms with E-state index in [1.807, 2.05) is 42.5 Å². The largest absolute Gasteiger partial charge is 0.506 e. The van der Waals surface area contributed by atoms with Crippen LogP contribution in [-0.4, -0.2) is 16.8 Å². The Bertz CT molecular complexity index is 545. The molecule has 0 fully saturated rings. The summed E-state index contributed by atoms with van der Waals surface area (Å²) in [6, 6.07) is 15.7. The molecule has 2 aromatic carbocycles. The van der Waals surface area contributed by atoms with E-state index in [1.165, 1.54) is 0 Å². The third-order valence-corrected chi connectivity index (χ3v) is 3.87. The van der Waals surface area contributed by atoms with Gasteiger partial charge in [-0.25, -0.2) is 0 Å². The quantitative estimate of drug-likeness (QED) is 0.758. The van der Waals surface area contributed by atoms with Crippen LogP contribution in [0, 0.1) is 0 Å². The molecule has 0 radical (unpaired) electrons. The minimum atomic E-state index is 0.0691. The fourth-order valence-electron chi connectivity index (χ4n) is 2.14. The number of halogens is 1. The molecule has 0 amide bonds. The first-order chi connectivity index (χ1) is 9.72. The number of hydrogen-bond acceptors (Lipinski definition) is 3. The lowest BCUT2D eigenvalue weighted by Gasteiger charge is -2.19. The number of para-hydroxylation sites is 1. The summed E-state index contributed by atoms with van der Waals surface area (Å²) in [6.07, 6.45) is 0.638. The molecule has 2 rings (SSSR count).